The maximum atomic E-state index is 2.39. The molecule has 228 valence electrons. The summed E-state index contributed by atoms with van der Waals surface area (Å²) in [6, 6.07) is 61.1. The molecular weight excluding hydrogens is 625 g/mol. The normalized spacial score (nSPS) is 11.1. The molecule has 0 aliphatic carbocycles. The van der Waals surface area contributed by atoms with Gasteiger partial charge in [-0.1, -0.05) is 181 Å². The van der Waals surface area contributed by atoms with Crippen LogP contribution in [-0.2, 0) is 0 Å². The van der Waals surface area contributed by atoms with E-state index in [1.54, 1.807) is 0 Å². The molecule has 0 saturated heterocycles. The van der Waals surface area contributed by atoms with E-state index in [1.165, 1.54) is 82.3 Å². The van der Waals surface area contributed by atoms with Crippen molar-refractivity contribution in [1.29, 1.82) is 0 Å². The molecule has 0 amide bonds. The minimum absolute atomic E-state index is 0.791. The second kappa shape index (κ2) is 14.5. The van der Waals surface area contributed by atoms with Crippen LogP contribution in [0.1, 0.15) is 0 Å². The van der Waals surface area contributed by atoms with E-state index in [0.717, 1.165) is 28.6 Å². The Kier molecular flexibility index (Phi) is 9.62. The standard InChI is InChI=1S/C45H36Si3/c1-46-37-22-16-31(17-23-37)40-10-4-7-13-43(40)34-28-35(44-14-8-5-11-41(44)32-18-24-38(47-2)25-19-32)30-36(29-34)45-15-9-6-12-42(45)33-20-26-39(48-3)27-21-33/h4-30H,1-3H3. The van der Waals surface area contributed by atoms with Crippen LogP contribution in [0.4, 0.5) is 0 Å². The van der Waals surface area contributed by atoms with Gasteiger partial charge in [0.05, 0.1) is 28.6 Å². The largest absolute Gasteiger partial charge is 0.0773 e. The van der Waals surface area contributed by atoms with E-state index in [2.05, 4.69) is 183 Å². The van der Waals surface area contributed by atoms with Crippen LogP contribution in [0.5, 0.6) is 0 Å². The summed E-state index contributed by atoms with van der Waals surface area (Å²) in [5.74, 6) is 0. The molecule has 7 rings (SSSR count). The van der Waals surface area contributed by atoms with E-state index in [1.807, 2.05) is 0 Å². The Bertz CT molecular complexity index is 1900. The summed E-state index contributed by atoms with van der Waals surface area (Å²) < 4.78 is 0. The smallest absolute Gasteiger partial charge is 0.0688 e. The highest BCUT2D eigenvalue weighted by atomic mass is 28.2. The van der Waals surface area contributed by atoms with E-state index >= 15 is 0 Å². The van der Waals surface area contributed by atoms with Gasteiger partial charge in [-0.3, -0.25) is 0 Å². The van der Waals surface area contributed by atoms with E-state index in [0.29, 0.717) is 0 Å². The second-order valence-electron chi connectivity index (χ2n) is 11.9. The number of rotatable bonds is 9. The van der Waals surface area contributed by atoms with Gasteiger partial charge in [-0.2, -0.15) is 0 Å². The maximum Gasteiger partial charge on any atom is 0.0773 e. The lowest BCUT2D eigenvalue weighted by atomic mass is 9.86. The molecule has 0 N–H and O–H groups in total. The summed E-state index contributed by atoms with van der Waals surface area (Å²) in [4.78, 5) is 0. The zero-order valence-electron chi connectivity index (χ0n) is 27.6. The lowest BCUT2D eigenvalue weighted by Crippen LogP contribution is -2.08. The molecule has 0 saturated carbocycles. The van der Waals surface area contributed by atoms with Crippen molar-refractivity contribution in [3.63, 3.8) is 0 Å². The molecular formula is C45H36Si3. The Morgan fingerprint density at radius 2 is 0.458 bits per heavy atom. The monoisotopic (exact) mass is 660 g/mol. The minimum atomic E-state index is 0.791. The average molecular weight is 661 g/mol. The van der Waals surface area contributed by atoms with Gasteiger partial charge in [-0.15, -0.1) is 0 Å². The molecule has 48 heavy (non-hydrogen) atoms. The summed E-state index contributed by atoms with van der Waals surface area (Å²) in [5.41, 5.74) is 14.9. The highest BCUT2D eigenvalue weighted by molar-refractivity contribution is 6.52. The molecule has 0 unspecified atom stereocenters. The quantitative estimate of drug-likeness (QED) is 0.135. The van der Waals surface area contributed by atoms with Gasteiger partial charge in [-0.05, 0) is 85.0 Å². The van der Waals surface area contributed by atoms with Gasteiger partial charge in [0.1, 0.15) is 0 Å². The van der Waals surface area contributed by atoms with Gasteiger partial charge in [0.25, 0.3) is 0 Å². The molecule has 6 radical (unpaired) electrons. The number of benzene rings is 7. The Hall–Kier alpha value is -4.81. The highest BCUT2D eigenvalue weighted by Crippen LogP contribution is 2.41. The third-order valence-electron chi connectivity index (χ3n) is 9.10. The van der Waals surface area contributed by atoms with E-state index in [9.17, 15) is 0 Å². The van der Waals surface area contributed by atoms with Crippen LogP contribution in [0.15, 0.2) is 164 Å². The van der Waals surface area contributed by atoms with E-state index in [-0.39, 0.29) is 0 Å². The molecule has 7 aromatic carbocycles. The molecule has 0 spiro atoms. The molecule has 0 atom stereocenters. The summed E-state index contributed by atoms with van der Waals surface area (Å²) in [5, 5.41) is 4.15. The van der Waals surface area contributed by atoms with E-state index in [4.69, 9.17) is 0 Å². The van der Waals surface area contributed by atoms with Crippen LogP contribution in [0.2, 0.25) is 19.6 Å². The molecule has 0 heterocycles. The van der Waals surface area contributed by atoms with Crippen molar-refractivity contribution in [2.45, 2.75) is 19.6 Å². The molecule has 0 aliphatic rings. The van der Waals surface area contributed by atoms with Crippen LogP contribution in [0, 0.1) is 0 Å². The van der Waals surface area contributed by atoms with Crippen LogP contribution < -0.4 is 15.6 Å². The van der Waals surface area contributed by atoms with Crippen molar-refractivity contribution in [3.8, 4) is 66.8 Å². The van der Waals surface area contributed by atoms with Gasteiger partial charge in [-0.25, -0.2) is 0 Å². The summed E-state index contributed by atoms with van der Waals surface area (Å²) in [6.45, 7) is 6.72. The van der Waals surface area contributed by atoms with Gasteiger partial charge in [0, 0.05) is 0 Å². The Balaban J connectivity index is 1.45. The first kappa shape index (κ1) is 31.8. The lowest BCUT2D eigenvalue weighted by molar-refractivity contribution is 1.54. The molecule has 0 fully saturated rings. The van der Waals surface area contributed by atoms with E-state index < -0.39 is 0 Å². The van der Waals surface area contributed by atoms with Gasteiger partial charge >= 0.3 is 0 Å². The van der Waals surface area contributed by atoms with Crippen molar-refractivity contribution in [2.24, 2.45) is 0 Å². The summed E-state index contributed by atoms with van der Waals surface area (Å²) >= 11 is 0. The van der Waals surface area contributed by atoms with Crippen molar-refractivity contribution >= 4 is 44.1 Å². The average Bonchev–Trinajstić information content (AvgIpc) is 3.18. The first-order valence-electron chi connectivity index (χ1n) is 16.4. The summed E-state index contributed by atoms with van der Waals surface area (Å²) in [7, 11) is 2.37. The second-order valence-corrected chi connectivity index (χ2v) is 15.1. The molecule has 0 aromatic heterocycles. The van der Waals surface area contributed by atoms with Crippen LogP contribution in [0.25, 0.3) is 66.8 Å². The Morgan fingerprint density at radius 3 is 0.667 bits per heavy atom. The SMILES string of the molecule is C[Si]c1ccc(-c2ccccc2-c2cc(-c3ccccc3-c3ccc([Si]C)cc3)cc(-c3ccccc3-c3ccc([Si]C)cc3)c2)cc1. The molecule has 0 aliphatic heterocycles. The third kappa shape index (κ3) is 6.63. The predicted molar refractivity (Wildman–Crippen MR) is 213 cm³/mol. The van der Waals surface area contributed by atoms with Crippen molar-refractivity contribution in [3.05, 3.63) is 164 Å². The minimum Gasteiger partial charge on any atom is -0.0688 e. The van der Waals surface area contributed by atoms with Crippen molar-refractivity contribution in [2.75, 3.05) is 0 Å². The van der Waals surface area contributed by atoms with Crippen LogP contribution >= 0.6 is 0 Å². The van der Waals surface area contributed by atoms with Gasteiger partial charge < -0.3 is 0 Å². The van der Waals surface area contributed by atoms with Crippen LogP contribution in [0.3, 0.4) is 0 Å². The lowest BCUT2D eigenvalue weighted by Gasteiger charge is -2.18. The maximum absolute atomic E-state index is 2.39. The number of hydrogen-bond donors (Lipinski definition) is 0. The zero-order valence-corrected chi connectivity index (χ0v) is 30.6. The summed E-state index contributed by atoms with van der Waals surface area (Å²) in [6.07, 6.45) is 0. The Morgan fingerprint density at radius 1 is 0.250 bits per heavy atom. The third-order valence-corrected chi connectivity index (χ3v) is 11.8. The van der Waals surface area contributed by atoms with Crippen molar-refractivity contribution in [1.82, 2.24) is 0 Å². The van der Waals surface area contributed by atoms with Crippen LogP contribution in [-0.4, -0.2) is 28.6 Å². The molecule has 0 nitrogen and oxygen atoms in total. The molecule has 0 bridgehead atoms. The van der Waals surface area contributed by atoms with Gasteiger partial charge in [0.2, 0.25) is 0 Å². The fourth-order valence-electron chi connectivity index (χ4n) is 6.50. The first-order chi connectivity index (χ1) is 23.6. The van der Waals surface area contributed by atoms with Gasteiger partial charge in [0.15, 0.2) is 0 Å². The first-order valence-corrected chi connectivity index (χ1v) is 20.9. The fourth-order valence-corrected chi connectivity index (χ4v) is 8.00. The number of hydrogen-bond acceptors (Lipinski definition) is 0. The zero-order chi connectivity index (χ0) is 32.9. The highest BCUT2D eigenvalue weighted by Gasteiger charge is 2.16. The molecule has 7 aromatic rings. The predicted octanol–water partition coefficient (Wildman–Crippen LogP) is 9.82. The topological polar surface area (TPSA) is 0 Å². The molecule has 3 heteroatoms. The Labute approximate surface area is 293 Å². The van der Waals surface area contributed by atoms with Crippen molar-refractivity contribution < 1.29 is 0 Å². The fraction of sp³-hybridized carbons (Fsp3) is 0.0667.